The van der Waals surface area contributed by atoms with E-state index < -0.39 is 0 Å². The normalized spacial score (nSPS) is 16.4. The van der Waals surface area contributed by atoms with Gasteiger partial charge in [0.2, 0.25) is 0 Å². The van der Waals surface area contributed by atoms with E-state index in [4.69, 9.17) is 4.42 Å². The highest BCUT2D eigenvalue weighted by molar-refractivity contribution is 5.91. The zero-order valence-corrected chi connectivity index (χ0v) is 19.6. The number of nitrogens with one attached hydrogen (secondary N) is 1. The van der Waals surface area contributed by atoms with E-state index in [0.717, 1.165) is 5.76 Å². The lowest BCUT2D eigenvalue weighted by molar-refractivity contribution is 0.0921. The van der Waals surface area contributed by atoms with E-state index in [0.29, 0.717) is 12.0 Å². The lowest BCUT2D eigenvalue weighted by Crippen LogP contribution is -2.34. The molecule has 0 saturated carbocycles. The van der Waals surface area contributed by atoms with Gasteiger partial charge in [-0.1, -0.05) is 52.0 Å². The topological polar surface area (TPSA) is 42.2 Å². The van der Waals surface area contributed by atoms with Crippen molar-refractivity contribution < 1.29 is 13.6 Å². The second-order valence-electron chi connectivity index (χ2n) is 10.3. The fourth-order valence-corrected chi connectivity index (χ4v) is 4.66. The number of hydrogen-bond donors (Lipinski definition) is 1. The summed E-state index contributed by atoms with van der Waals surface area (Å²) in [5.74, 6) is 0.417. The van der Waals surface area contributed by atoms with Crippen LogP contribution in [0.2, 0.25) is 0 Å². The van der Waals surface area contributed by atoms with Crippen LogP contribution < -0.4 is 5.32 Å². The number of furan rings is 1. The van der Waals surface area contributed by atoms with Gasteiger partial charge >= 0.3 is 0 Å². The van der Waals surface area contributed by atoms with Gasteiger partial charge in [-0.05, 0) is 82.7 Å². The van der Waals surface area contributed by atoms with E-state index in [1.54, 1.807) is 18.2 Å². The molecule has 1 aromatic heterocycles. The van der Waals surface area contributed by atoms with Crippen LogP contribution in [0.1, 0.15) is 84.7 Å². The Kier molecular flexibility index (Phi) is 5.74. The van der Waals surface area contributed by atoms with Gasteiger partial charge in [-0.3, -0.25) is 4.79 Å². The largest absolute Gasteiger partial charge is 0.456 e. The highest BCUT2D eigenvalue weighted by Gasteiger charge is 2.37. The van der Waals surface area contributed by atoms with Crippen LogP contribution in [0, 0.1) is 12.7 Å². The van der Waals surface area contributed by atoms with Gasteiger partial charge in [0.25, 0.3) is 5.91 Å². The first-order valence-corrected chi connectivity index (χ1v) is 11.3. The highest BCUT2D eigenvalue weighted by Crippen LogP contribution is 2.46. The van der Waals surface area contributed by atoms with Crippen LogP contribution in [0.4, 0.5) is 4.39 Å². The summed E-state index contributed by atoms with van der Waals surface area (Å²) in [6.45, 7) is 11.7. The van der Waals surface area contributed by atoms with Crippen LogP contribution in [0.3, 0.4) is 0 Å². The second-order valence-corrected chi connectivity index (χ2v) is 10.3. The molecule has 3 nitrogen and oxygen atoms in total. The number of rotatable bonds is 5. The number of aryl methyl sites for hydroxylation is 1. The molecule has 0 spiro atoms. The van der Waals surface area contributed by atoms with Crippen LogP contribution in [0.15, 0.2) is 52.9 Å². The minimum atomic E-state index is -0.316. The summed E-state index contributed by atoms with van der Waals surface area (Å²) >= 11 is 0. The molecule has 0 fully saturated rings. The maximum Gasteiger partial charge on any atom is 0.287 e. The monoisotopic (exact) mass is 433 g/mol. The molecule has 4 rings (SSSR count). The molecule has 32 heavy (non-hydrogen) atoms. The quantitative estimate of drug-likeness (QED) is 0.493. The van der Waals surface area contributed by atoms with Gasteiger partial charge < -0.3 is 9.73 Å². The SMILES string of the molecule is Cc1cc2c(cc1Cc1ccc(C(=O)NCc3cccc(F)c3)o1)C(C)(C)CCC2(C)C. The average molecular weight is 434 g/mol. The van der Waals surface area contributed by atoms with Crippen molar-refractivity contribution in [2.24, 2.45) is 0 Å². The van der Waals surface area contributed by atoms with Crippen molar-refractivity contribution in [3.8, 4) is 0 Å². The van der Waals surface area contributed by atoms with Crippen molar-refractivity contribution in [3.05, 3.63) is 93.7 Å². The molecule has 168 valence electrons. The summed E-state index contributed by atoms with van der Waals surface area (Å²) in [5.41, 5.74) is 6.41. The van der Waals surface area contributed by atoms with Gasteiger partial charge in [-0.25, -0.2) is 4.39 Å². The molecule has 0 aliphatic heterocycles. The van der Waals surface area contributed by atoms with E-state index in [-0.39, 0.29) is 34.9 Å². The number of benzene rings is 2. The standard InChI is InChI=1S/C28H32FNO2/c1-18-13-23-24(28(4,5)12-11-27(23,2)3)16-20(18)15-22-9-10-25(32-22)26(31)30-17-19-7-6-8-21(29)14-19/h6-10,13-14,16H,11-12,15,17H2,1-5H3,(H,30,31). The maximum absolute atomic E-state index is 13.3. The summed E-state index contributed by atoms with van der Waals surface area (Å²) in [7, 11) is 0. The first-order chi connectivity index (χ1) is 15.0. The summed E-state index contributed by atoms with van der Waals surface area (Å²) in [6, 6.07) is 14.5. The van der Waals surface area contributed by atoms with Crippen LogP contribution in [-0.2, 0) is 23.8 Å². The fourth-order valence-electron chi connectivity index (χ4n) is 4.66. The smallest absolute Gasteiger partial charge is 0.287 e. The lowest BCUT2D eigenvalue weighted by Gasteiger charge is -2.42. The molecule has 0 bridgehead atoms. The molecule has 1 aliphatic carbocycles. The van der Waals surface area contributed by atoms with Crippen molar-refractivity contribution in [1.82, 2.24) is 5.32 Å². The summed E-state index contributed by atoms with van der Waals surface area (Å²) in [6.07, 6.45) is 3.01. The molecule has 0 saturated heterocycles. The molecule has 0 unspecified atom stereocenters. The third kappa shape index (κ3) is 4.50. The lowest BCUT2D eigenvalue weighted by atomic mass is 9.62. The van der Waals surface area contributed by atoms with Gasteiger partial charge in [0.05, 0.1) is 0 Å². The van der Waals surface area contributed by atoms with E-state index in [1.807, 2.05) is 6.07 Å². The molecule has 1 amide bonds. The van der Waals surface area contributed by atoms with Crippen molar-refractivity contribution in [2.45, 2.75) is 71.3 Å². The molecular weight excluding hydrogens is 401 g/mol. The summed E-state index contributed by atoms with van der Waals surface area (Å²) < 4.78 is 19.2. The van der Waals surface area contributed by atoms with Crippen LogP contribution in [-0.4, -0.2) is 5.91 Å². The first-order valence-electron chi connectivity index (χ1n) is 11.3. The third-order valence-electron chi connectivity index (χ3n) is 6.90. The molecule has 1 heterocycles. The molecule has 2 aromatic carbocycles. The number of amides is 1. The van der Waals surface area contributed by atoms with Gasteiger partial charge in [0.1, 0.15) is 11.6 Å². The van der Waals surface area contributed by atoms with Crippen molar-refractivity contribution in [2.75, 3.05) is 0 Å². The average Bonchev–Trinajstić information content (AvgIpc) is 3.20. The molecule has 4 heteroatoms. The molecule has 1 aliphatic rings. The fraction of sp³-hybridized carbons (Fsp3) is 0.393. The Bertz CT molecular complexity index is 1160. The minimum absolute atomic E-state index is 0.151. The number of halogens is 1. The van der Waals surface area contributed by atoms with Gasteiger partial charge in [-0.2, -0.15) is 0 Å². The molecule has 3 aromatic rings. The van der Waals surface area contributed by atoms with Crippen LogP contribution in [0.25, 0.3) is 0 Å². The van der Waals surface area contributed by atoms with Crippen molar-refractivity contribution in [3.63, 3.8) is 0 Å². The van der Waals surface area contributed by atoms with Gasteiger partial charge in [0, 0.05) is 13.0 Å². The van der Waals surface area contributed by atoms with Gasteiger partial charge in [0.15, 0.2) is 5.76 Å². The zero-order valence-electron chi connectivity index (χ0n) is 19.6. The third-order valence-corrected chi connectivity index (χ3v) is 6.90. The predicted molar refractivity (Wildman–Crippen MR) is 126 cm³/mol. The number of carbonyl (C=O) groups excluding carboxylic acids is 1. The highest BCUT2D eigenvalue weighted by atomic mass is 19.1. The molecule has 0 radical (unpaired) electrons. The number of hydrogen-bond acceptors (Lipinski definition) is 2. The Hall–Kier alpha value is -2.88. The Morgan fingerprint density at radius 1 is 1.00 bits per heavy atom. The minimum Gasteiger partial charge on any atom is -0.456 e. The van der Waals surface area contributed by atoms with Crippen molar-refractivity contribution >= 4 is 5.91 Å². The first kappa shape index (κ1) is 22.3. The zero-order chi connectivity index (χ0) is 23.1. The van der Waals surface area contributed by atoms with E-state index in [2.05, 4.69) is 52.1 Å². The Balaban J connectivity index is 1.50. The molecule has 1 N–H and O–H groups in total. The maximum atomic E-state index is 13.3. The van der Waals surface area contributed by atoms with Crippen molar-refractivity contribution in [1.29, 1.82) is 0 Å². The number of fused-ring (bicyclic) bond motifs is 1. The van der Waals surface area contributed by atoms with Crippen LogP contribution in [0.5, 0.6) is 0 Å². The Morgan fingerprint density at radius 2 is 1.69 bits per heavy atom. The molecular formula is C28H32FNO2. The van der Waals surface area contributed by atoms with E-state index in [1.165, 1.54) is 47.2 Å². The predicted octanol–water partition coefficient (Wildman–Crippen LogP) is 6.60. The second kappa shape index (κ2) is 8.23. The van der Waals surface area contributed by atoms with E-state index >= 15 is 0 Å². The van der Waals surface area contributed by atoms with E-state index in [9.17, 15) is 9.18 Å². The summed E-state index contributed by atoms with van der Waals surface area (Å²) in [4.78, 5) is 12.5. The molecule has 0 atom stereocenters. The summed E-state index contributed by atoms with van der Waals surface area (Å²) in [5, 5.41) is 2.79. The van der Waals surface area contributed by atoms with Gasteiger partial charge in [-0.15, -0.1) is 0 Å². The Labute approximate surface area is 190 Å². The number of carbonyl (C=O) groups is 1. The van der Waals surface area contributed by atoms with Crippen LogP contribution >= 0.6 is 0 Å². The Morgan fingerprint density at radius 3 is 2.38 bits per heavy atom.